The number of benzene rings is 1. The molecule has 110 valence electrons. The molecule has 2 fully saturated rings. The molecular weight excluding hydrogens is 266 g/mol. The minimum atomic E-state index is -0.385. The Kier molecular flexibility index (Phi) is 2.07. The van der Waals surface area contributed by atoms with Crippen LogP contribution >= 0.6 is 0 Å². The predicted octanol–water partition coefficient (Wildman–Crippen LogP) is 1.49. The summed E-state index contributed by atoms with van der Waals surface area (Å²) in [6, 6.07) is 3.77. The normalized spacial score (nSPS) is 39.9. The number of likely N-dealkylation sites (N-methyl/N-ethyl adjacent to an activating group) is 1. The molecule has 0 radical (unpaired) electrons. The fourth-order valence-electron chi connectivity index (χ4n) is 5.65. The Balaban J connectivity index is 1.84. The zero-order valence-electron chi connectivity index (χ0n) is 12.1. The van der Waals surface area contributed by atoms with Gasteiger partial charge in [-0.1, -0.05) is 6.07 Å². The largest absolute Gasteiger partial charge is 0.504 e. The summed E-state index contributed by atoms with van der Waals surface area (Å²) in [6.45, 7) is 1.97. The lowest BCUT2D eigenvalue weighted by atomic mass is 9.51. The summed E-state index contributed by atoms with van der Waals surface area (Å²) < 4.78 is 6.04. The van der Waals surface area contributed by atoms with Gasteiger partial charge in [0.1, 0.15) is 0 Å². The average molecular weight is 285 g/mol. The van der Waals surface area contributed by atoms with Crippen molar-refractivity contribution in [2.75, 3.05) is 20.1 Å². The van der Waals surface area contributed by atoms with Gasteiger partial charge in [0.15, 0.2) is 23.4 Å². The highest BCUT2D eigenvalue weighted by Crippen LogP contribution is 2.62. The number of carbonyl (C=O) groups is 1. The van der Waals surface area contributed by atoms with E-state index in [-0.39, 0.29) is 23.1 Å². The molecule has 1 aromatic carbocycles. The van der Waals surface area contributed by atoms with Crippen LogP contribution in [0.4, 0.5) is 0 Å². The Labute approximate surface area is 123 Å². The van der Waals surface area contributed by atoms with Crippen molar-refractivity contribution in [3.8, 4) is 11.5 Å². The fraction of sp³-hybridized carbons (Fsp3) is 0.588. The lowest BCUT2D eigenvalue weighted by Crippen LogP contribution is -2.65. The van der Waals surface area contributed by atoms with E-state index in [1.807, 2.05) is 6.07 Å². The lowest BCUT2D eigenvalue weighted by Gasteiger charge is -2.56. The van der Waals surface area contributed by atoms with Crippen molar-refractivity contribution in [1.82, 2.24) is 4.90 Å². The van der Waals surface area contributed by atoms with E-state index >= 15 is 0 Å². The van der Waals surface area contributed by atoms with Crippen LogP contribution in [0.3, 0.4) is 0 Å². The molecule has 1 saturated carbocycles. The zero-order valence-corrected chi connectivity index (χ0v) is 12.1. The third-order valence-electron chi connectivity index (χ3n) is 6.18. The van der Waals surface area contributed by atoms with E-state index in [2.05, 4.69) is 11.9 Å². The molecular formula is C17H19NO3. The Morgan fingerprint density at radius 2 is 2.29 bits per heavy atom. The summed E-state index contributed by atoms with van der Waals surface area (Å²) in [5, 5.41) is 10.2. The highest BCUT2D eigenvalue weighted by molar-refractivity contribution is 5.89. The Bertz CT molecular complexity index is 670. The molecule has 0 aromatic heterocycles. The Morgan fingerprint density at radius 1 is 1.43 bits per heavy atom. The quantitative estimate of drug-likeness (QED) is 0.784. The monoisotopic (exact) mass is 285 g/mol. The molecule has 1 saturated heterocycles. The predicted molar refractivity (Wildman–Crippen MR) is 76.6 cm³/mol. The smallest absolute Gasteiger partial charge is 0.174 e. The highest BCUT2D eigenvalue weighted by atomic mass is 16.5. The number of aromatic hydroxyl groups is 1. The number of hydrogen-bond donors (Lipinski definition) is 1. The van der Waals surface area contributed by atoms with Crippen LogP contribution in [0.25, 0.3) is 0 Å². The van der Waals surface area contributed by atoms with E-state index in [1.165, 1.54) is 5.56 Å². The van der Waals surface area contributed by atoms with E-state index in [9.17, 15) is 9.90 Å². The number of hydrogen-bond acceptors (Lipinski definition) is 4. The summed E-state index contributed by atoms with van der Waals surface area (Å²) in [4.78, 5) is 14.9. The van der Waals surface area contributed by atoms with Crippen molar-refractivity contribution in [2.24, 2.45) is 11.8 Å². The van der Waals surface area contributed by atoms with Gasteiger partial charge in [-0.25, -0.2) is 0 Å². The van der Waals surface area contributed by atoms with Crippen molar-refractivity contribution in [3.05, 3.63) is 23.3 Å². The first-order valence-electron chi connectivity index (χ1n) is 7.84. The summed E-state index contributed by atoms with van der Waals surface area (Å²) in [5.41, 5.74) is 2.22. The molecule has 21 heavy (non-hydrogen) atoms. The third kappa shape index (κ3) is 1.24. The van der Waals surface area contributed by atoms with Crippen molar-refractivity contribution in [1.29, 1.82) is 0 Å². The van der Waals surface area contributed by atoms with E-state index in [0.29, 0.717) is 24.0 Å². The first-order chi connectivity index (χ1) is 10.1. The number of carbonyl (C=O) groups excluding carboxylic acids is 1. The summed E-state index contributed by atoms with van der Waals surface area (Å²) in [5.74, 6) is 2.11. The number of likely N-dealkylation sites (tertiary alicyclic amines) is 1. The highest BCUT2D eigenvalue weighted by Gasteiger charge is 2.65. The molecule has 4 aliphatic rings. The number of rotatable bonds is 0. The van der Waals surface area contributed by atoms with Crippen LogP contribution in [0, 0.1) is 11.8 Å². The molecule has 5 rings (SSSR count). The molecule has 0 amide bonds. The number of ketones is 1. The van der Waals surface area contributed by atoms with Crippen LogP contribution in [-0.4, -0.2) is 42.0 Å². The van der Waals surface area contributed by atoms with Gasteiger partial charge in [0, 0.05) is 25.1 Å². The van der Waals surface area contributed by atoms with Gasteiger partial charge >= 0.3 is 0 Å². The molecule has 1 N–H and O–H groups in total. The molecule has 1 aromatic rings. The number of phenols is 1. The third-order valence-corrected chi connectivity index (χ3v) is 6.18. The molecule has 2 heterocycles. The van der Waals surface area contributed by atoms with Crippen LogP contribution in [0.1, 0.15) is 24.0 Å². The van der Waals surface area contributed by atoms with Crippen LogP contribution in [-0.2, 0) is 16.6 Å². The van der Waals surface area contributed by atoms with E-state index < -0.39 is 0 Å². The molecule has 1 spiro atoms. The van der Waals surface area contributed by atoms with Crippen molar-refractivity contribution < 1.29 is 14.6 Å². The van der Waals surface area contributed by atoms with Gasteiger partial charge in [-0.2, -0.15) is 0 Å². The summed E-state index contributed by atoms with van der Waals surface area (Å²) in [6.07, 6.45) is 2.26. The fourth-order valence-corrected chi connectivity index (χ4v) is 5.65. The van der Waals surface area contributed by atoms with Gasteiger partial charge in [-0.05, 0) is 43.4 Å². The molecule has 2 aliphatic heterocycles. The van der Waals surface area contributed by atoms with Gasteiger partial charge in [0.25, 0.3) is 0 Å². The van der Waals surface area contributed by atoms with Gasteiger partial charge in [-0.15, -0.1) is 0 Å². The number of piperidine rings is 1. The molecule has 4 atom stereocenters. The topological polar surface area (TPSA) is 49.8 Å². The Hall–Kier alpha value is -1.55. The van der Waals surface area contributed by atoms with Gasteiger partial charge in [-0.3, -0.25) is 4.79 Å². The standard InChI is InChI=1S/C17H19NO3/c1-18-7-10-6-9-2-4-12(19)15-14(9)17(8-18)11(10)3-5-13(20)16(17)21-15/h2,4,10-11,16,19H,3,5-8H2,1H3/t10-,11?,16-,17-/m0/s1. The maximum Gasteiger partial charge on any atom is 0.174 e. The number of nitrogens with zero attached hydrogens (tertiary/aromatic N) is 1. The first kappa shape index (κ1) is 12.0. The molecule has 1 unspecified atom stereocenters. The van der Waals surface area contributed by atoms with Gasteiger partial charge < -0.3 is 14.7 Å². The van der Waals surface area contributed by atoms with Crippen LogP contribution in [0.15, 0.2) is 12.1 Å². The van der Waals surface area contributed by atoms with Gasteiger partial charge in [0.2, 0.25) is 0 Å². The van der Waals surface area contributed by atoms with Crippen molar-refractivity contribution in [3.63, 3.8) is 0 Å². The second-order valence-corrected chi connectivity index (χ2v) is 7.26. The molecule has 2 aliphatic carbocycles. The maximum absolute atomic E-state index is 12.5. The van der Waals surface area contributed by atoms with Crippen molar-refractivity contribution in [2.45, 2.75) is 30.8 Å². The average Bonchev–Trinajstić information content (AvgIpc) is 2.77. The molecule has 4 heteroatoms. The van der Waals surface area contributed by atoms with Crippen LogP contribution in [0.2, 0.25) is 0 Å². The number of Topliss-reactive ketones (excluding diaryl/α,β-unsaturated/α-hetero) is 1. The first-order valence-corrected chi connectivity index (χ1v) is 7.84. The SMILES string of the molecule is CN1C[C@@H]2Cc3ccc(O)c4c3[C@]3(C1)C2CCC(=O)[C@@H]3O4. The maximum atomic E-state index is 12.5. The zero-order chi connectivity index (χ0) is 14.4. The van der Waals surface area contributed by atoms with E-state index in [1.54, 1.807) is 6.07 Å². The van der Waals surface area contributed by atoms with Crippen molar-refractivity contribution >= 4 is 5.78 Å². The van der Waals surface area contributed by atoms with Crippen LogP contribution in [0.5, 0.6) is 11.5 Å². The minimum absolute atomic E-state index is 0.191. The van der Waals surface area contributed by atoms with E-state index in [4.69, 9.17) is 4.74 Å². The Morgan fingerprint density at radius 3 is 3.14 bits per heavy atom. The lowest BCUT2D eigenvalue weighted by molar-refractivity contribution is -0.138. The minimum Gasteiger partial charge on any atom is -0.504 e. The molecule has 4 nitrogen and oxygen atoms in total. The van der Waals surface area contributed by atoms with Crippen LogP contribution < -0.4 is 4.74 Å². The second kappa shape index (κ2) is 3.61. The summed E-state index contributed by atoms with van der Waals surface area (Å²) >= 11 is 0. The number of phenolic OH excluding ortho intramolecular Hbond substituents is 1. The number of ether oxygens (including phenoxy) is 1. The summed E-state index contributed by atoms with van der Waals surface area (Å²) in [7, 11) is 2.14. The van der Waals surface area contributed by atoms with E-state index in [0.717, 1.165) is 31.5 Å². The van der Waals surface area contributed by atoms with Gasteiger partial charge in [0.05, 0.1) is 5.41 Å². The molecule has 2 bridgehead atoms. The second-order valence-electron chi connectivity index (χ2n) is 7.26.